The molecule has 0 spiro atoms. The highest BCUT2D eigenvalue weighted by molar-refractivity contribution is 5.27. The Balaban J connectivity index is 1.79. The number of methoxy groups -OCH3 is 1. The second-order valence-corrected chi connectivity index (χ2v) is 5.60. The van der Waals surface area contributed by atoms with Crippen molar-refractivity contribution in [1.29, 1.82) is 0 Å². The van der Waals surface area contributed by atoms with Crippen molar-refractivity contribution in [2.24, 2.45) is 0 Å². The van der Waals surface area contributed by atoms with E-state index in [0.29, 0.717) is 6.61 Å². The molecule has 0 radical (unpaired) electrons. The molecule has 1 aliphatic rings. The maximum atomic E-state index is 5.63. The summed E-state index contributed by atoms with van der Waals surface area (Å²) in [6, 6.07) is 8.22. The SMILES string of the molecule is COC1(CNCc2ccc(OC(C)C)cc2)CCOC1. The molecular formula is C16H25NO3. The minimum atomic E-state index is -0.152. The number of hydrogen-bond acceptors (Lipinski definition) is 4. The van der Waals surface area contributed by atoms with Crippen LogP contribution in [-0.4, -0.2) is 38.6 Å². The molecule has 4 heteroatoms. The molecule has 112 valence electrons. The average Bonchev–Trinajstić information content (AvgIpc) is 2.90. The van der Waals surface area contributed by atoms with Gasteiger partial charge < -0.3 is 19.5 Å². The number of ether oxygens (including phenoxy) is 3. The van der Waals surface area contributed by atoms with E-state index in [4.69, 9.17) is 14.2 Å². The van der Waals surface area contributed by atoms with E-state index in [2.05, 4.69) is 17.4 Å². The summed E-state index contributed by atoms with van der Waals surface area (Å²) in [6.45, 7) is 7.17. The summed E-state index contributed by atoms with van der Waals surface area (Å²) in [5.74, 6) is 0.918. The van der Waals surface area contributed by atoms with Crippen molar-refractivity contribution < 1.29 is 14.2 Å². The van der Waals surface area contributed by atoms with Crippen molar-refractivity contribution >= 4 is 0 Å². The lowest BCUT2D eigenvalue weighted by molar-refractivity contribution is -0.0159. The second-order valence-electron chi connectivity index (χ2n) is 5.60. The van der Waals surface area contributed by atoms with E-state index in [-0.39, 0.29) is 11.7 Å². The summed E-state index contributed by atoms with van der Waals surface area (Å²) >= 11 is 0. The van der Waals surface area contributed by atoms with Gasteiger partial charge in [-0.1, -0.05) is 12.1 Å². The van der Waals surface area contributed by atoms with Crippen LogP contribution in [0.1, 0.15) is 25.8 Å². The first kappa shape index (κ1) is 15.3. The number of benzene rings is 1. The van der Waals surface area contributed by atoms with Gasteiger partial charge >= 0.3 is 0 Å². The standard InChI is InChI=1S/C16H25NO3/c1-13(2)20-15-6-4-14(5-7-15)10-17-11-16(18-3)8-9-19-12-16/h4-7,13,17H,8-12H2,1-3H3. The molecule has 1 saturated heterocycles. The third kappa shape index (κ3) is 4.20. The van der Waals surface area contributed by atoms with Gasteiger partial charge in [-0.3, -0.25) is 0 Å². The van der Waals surface area contributed by atoms with Crippen LogP contribution in [0.3, 0.4) is 0 Å². The minimum absolute atomic E-state index is 0.152. The summed E-state index contributed by atoms with van der Waals surface area (Å²) in [4.78, 5) is 0. The van der Waals surface area contributed by atoms with E-state index in [9.17, 15) is 0 Å². The summed E-state index contributed by atoms with van der Waals surface area (Å²) in [5, 5.41) is 3.45. The molecule has 4 nitrogen and oxygen atoms in total. The van der Waals surface area contributed by atoms with E-state index in [0.717, 1.165) is 31.9 Å². The molecule has 1 N–H and O–H groups in total. The molecule has 0 amide bonds. The molecule has 0 aromatic heterocycles. The first-order chi connectivity index (χ1) is 9.63. The van der Waals surface area contributed by atoms with Crippen LogP contribution in [0.15, 0.2) is 24.3 Å². The molecule has 0 bridgehead atoms. The Bertz CT molecular complexity index is 397. The topological polar surface area (TPSA) is 39.7 Å². The number of nitrogens with one attached hydrogen (secondary N) is 1. The lowest BCUT2D eigenvalue weighted by Gasteiger charge is -2.26. The zero-order valence-electron chi connectivity index (χ0n) is 12.6. The van der Waals surface area contributed by atoms with Crippen LogP contribution < -0.4 is 10.1 Å². The summed E-state index contributed by atoms with van der Waals surface area (Å²) < 4.78 is 16.6. The Morgan fingerprint density at radius 3 is 2.60 bits per heavy atom. The van der Waals surface area contributed by atoms with Crippen molar-refractivity contribution in [1.82, 2.24) is 5.32 Å². The molecular weight excluding hydrogens is 254 g/mol. The van der Waals surface area contributed by atoms with Gasteiger partial charge in [0.1, 0.15) is 11.4 Å². The van der Waals surface area contributed by atoms with E-state index >= 15 is 0 Å². The summed E-state index contributed by atoms with van der Waals surface area (Å²) in [6.07, 6.45) is 1.17. The van der Waals surface area contributed by atoms with Crippen LogP contribution in [0.25, 0.3) is 0 Å². The van der Waals surface area contributed by atoms with Crippen molar-refractivity contribution in [3.05, 3.63) is 29.8 Å². The molecule has 0 saturated carbocycles. The fourth-order valence-corrected chi connectivity index (χ4v) is 2.35. The summed E-state index contributed by atoms with van der Waals surface area (Å²) in [7, 11) is 1.76. The monoisotopic (exact) mass is 279 g/mol. The Morgan fingerprint density at radius 2 is 2.05 bits per heavy atom. The molecule has 0 aliphatic carbocycles. The van der Waals surface area contributed by atoms with Crippen molar-refractivity contribution in [3.63, 3.8) is 0 Å². The lowest BCUT2D eigenvalue weighted by Crippen LogP contribution is -2.42. The Morgan fingerprint density at radius 1 is 1.30 bits per heavy atom. The number of rotatable bonds is 7. The smallest absolute Gasteiger partial charge is 0.119 e. The highest BCUT2D eigenvalue weighted by Crippen LogP contribution is 2.21. The highest BCUT2D eigenvalue weighted by atomic mass is 16.5. The second kappa shape index (κ2) is 7.07. The van der Waals surface area contributed by atoms with Gasteiger partial charge in [-0.15, -0.1) is 0 Å². The molecule has 1 unspecified atom stereocenters. The first-order valence-corrected chi connectivity index (χ1v) is 7.23. The number of hydrogen-bond donors (Lipinski definition) is 1. The fourth-order valence-electron chi connectivity index (χ4n) is 2.35. The molecule has 1 aromatic carbocycles. The maximum Gasteiger partial charge on any atom is 0.119 e. The first-order valence-electron chi connectivity index (χ1n) is 7.23. The molecule has 1 heterocycles. The van der Waals surface area contributed by atoms with Crippen LogP contribution in [0.5, 0.6) is 5.75 Å². The zero-order valence-corrected chi connectivity index (χ0v) is 12.6. The van der Waals surface area contributed by atoms with Crippen LogP contribution >= 0.6 is 0 Å². The average molecular weight is 279 g/mol. The summed E-state index contributed by atoms with van der Waals surface area (Å²) in [5.41, 5.74) is 1.09. The van der Waals surface area contributed by atoms with Gasteiger partial charge in [-0.05, 0) is 31.5 Å². The minimum Gasteiger partial charge on any atom is -0.491 e. The molecule has 1 fully saturated rings. The highest BCUT2D eigenvalue weighted by Gasteiger charge is 2.34. The Kier molecular flexibility index (Phi) is 5.40. The van der Waals surface area contributed by atoms with Crippen LogP contribution in [0.2, 0.25) is 0 Å². The van der Waals surface area contributed by atoms with Crippen molar-refractivity contribution in [2.45, 2.75) is 38.5 Å². The van der Waals surface area contributed by atoms with Crippen molar-refractivity contribution in [2.75, 3.05) is 26.9 Å². The Hall–Kier alpha value is -1.10. The lowest BCUT2D eigenvalue weighted by atomic mass is 10.0. The molecule has 1 aromatic rings. The van der Waals surface area contributed by atoms with Gasteiger partial charge in [0.25, 0.3) is 0 Å². The molecule has 1 atom stereocenters. The van der Waals surface area contributed by atoms with E-state index in [1.54, 1.807) is 7.11 Å². The van der Waals surface area contributed by atoms with Gasteiger partial charge in [0.05, 0.1) is 12.7 Å². The van der Waals surface area contributed by atoms with Gasteiger partial charge in [0.15, 0.2) is 0 Å². The predicted molar refractivity (Wildman–Crippen MR) is 79.1 cm³/mol. The quantitative estimate of drug-likeness (QED) is 0.832. The van der Waals surface area contributed by atoms with Gasteiger partial charge in [0, 0.05) is 33.2 Å². The third-order valence-electron chi connectivity index (χ3n) is 3.57. The Labute approximate surface area is 121 Å². The largest absolute Gasteiger partial charge is 0.491 e. The van der Waals surface area contributed by atoms with Gasteiger partial charge in [0.2, 0.25) is 0 Å². The van der Waals surface area contributed by atoms with Crippen LogP contribution in [0, 0.1) is 0 Å². The van der Waals surface area contributed by atoms with Crippen LogP contribution in [-0.2, 0) is 16.0 Å². The predicted octanol–water partition coefficient (Wildman–Crippen LogP) is 2.37. The van der Waals surface area contributed by atoms with E-state index in [1.807, 2.05) is 26.0 Å². The van der Waals surface area contributed by atoms with Gasteiger partial charge in [-0.25, -0.2) is 0 Å². The fraction of sp³-hybridized carbons (Fsp3) is 0.625. The van der Waals surface area contributed by atoms with E-state index in [1.165, 1.54) is 5.56 Å². The van der Waals surface area contributed by atoms with Gasteiger partial charge in [-0.2, -0.15) is 0 Å². The molecule has 20 heavy (non-hydrogen) atoms. The van der Waals surface area contributed by atoms with Crippen LogP contribution in [0.4, 0.5) is 0 Å². The normalized spacial score (nSPS) is 22.4. The third-order valence-corrected chi connectivity index (χ3v) is 3.57. The van der Waals surface area contributed by atoms with Crippen molar-refractivity contribution in [3.8, 4) is 5.75 Å². The maximum absolute atomic E-state index is 5.63. The zero-order chi connectivity index (χ0) is 14.4. The molecule has 1 aliphatic heterocycles. The van der Waals surface area contributed by atoms with E-state index < -0.39 is 0 Å². The molecule has 2 rings (SSSR count).